The van der Waals surface area contributed by atoms with E-state index in [0.29, 0.717) is 12.2 Å². The molecule has 1 rings (SSSR count). The molecule has 0 aliphatic carbocycles. The van der Waals surface area contributed by atoms with E-state index in [0.717, 1.165) is 12.2 Å². The topological polar surface area (TPSA) is 70.7 Å². The quantitative estimate of drug-likeness (QED) is 0.670. The zero-order valence-corrected chi connectivity index (χ0v) is 8.23. The van der Waals surface area contributed by atoms with Gasteiger partial charge in [-0.15, -0.1) is 0 Å². The number of thioether (sulfide) groups is 1. The molecule has 0 radical (unpaired) electrons. The lowest BCUT2D eigenvalue weighted by atomic mass is 10.4. The van der Waals surface area contributed by atoms with E-state index in [1.54, 1.807) is 11.8 Å². The zero-order valence-electron chi connectivity index (χ0n) is 7.41. The molecule has 2 N–H and O–H groups in total. The molecule has 0 unspecified atom stereocenters. The molecule has 1 heterocycles. The van der Waals surface area contributed by atoms with Gasteiger partial charge in [0.2, 0.25) is 0 Å². The second-order valence-corrected chi connectivity index (χ2v) is 3.44. The van der Waals surface area contributed by atoms with Crippen LogP contribution in [0, 0.1) is 0 Å². The first kappa shape index (κ1) is 10.0. The number of hydrogen-bond acceptors (Lipinski definition) is 4. The van der Waals surface area contributed by atoms with Gasteiger partial charge in [0, 0.05) is 6.54 Å². The first-order chi connectivity index (χ1) is 6.34. The summed E-state index contributed by atoms with van der Waals surface area (Å²) < 4.78 is 0. The van der Waals surface area contributed by atoms with Gasteiger partial charge in [-0.1, -0.05) is 0 Å². The molecule has 0 aliphatic rings. The van der Waals surface area contributed by atoms with Crippen LogP contribution in [0.4, 0.5) is 0 Å². The number of amides is 1. The van der Waals surface area contributed by atoms with Crippen LogP contribution in [0.5, 0.6) is 0 Å². The molecule has 0 aliphatic heterocycles. The van der Waals surface area contributed by atoms with Gasteiger partial charge in [-0.05, 0) is 18.4 Å². The van der Waals surface area contributed by atoms with Crippen molar-refractivity contribution in [1.29, 1.82) is 0 Å². The predicted octanol–water partition coefficient (Wildman–Crippen LogP) is 0.288. The van der Waals surface area contributed by atoms with E-state index < -0.39 is 0 Å². The van der Waals surface area contributed by atoms with Gasteiger partial charge >= 0.3 is 0 Å². The average molecular weight is 200 g/mol. The molecule has 0 bridgehead atoms. The van der Waals surface area contributed by atoms with Crippen LogP contribution in [-0.2, 0) is 0 Å². The first-order valence-electron chi connectivity index (χ1n) is 3.97. The summed E-state index contributed by atoms with van der Waals surface area (Å²) in [4.78, 5) is 11.2. The Bertz CT molecular complexity index is 249. The Kier molecular flexibility index (Phi) is 4.31. The highest BCUT2D eigenvalue weighted by molar-refractivity contribution is 7.98. The summed E-state index contributed by atoms with van der Waals surface area (Å²) in [5.74, 6) is 0.883. The zero-order chi connectivity index (χ0) is 9.52. The maximum Gasteiger partial charge on any atom is 0.273 e. The number of aromatic nitrogens is 3. The minimum absolute atomic E-state index is 0.171. The summed E-state index contributed by atoms with van der Waals surface area (Å²) in [5, 5.41) is 12.3. The van der Waals surface area contributed by atoms with Crippen LogP contribution in [0.1, 0.15) is 16.9 Å². The smallest absolute Gasteiger partial charge is 0.273 e. The summed E-state index contributed by atoms with van der Waals surface area (Å²) in [6.07, 6.45) is 4.42. The average Bonchev–Trinajstić information content (AvgIpc) is 2.65. The Balaban J connectivity index is 2.19. The molecule has 13 heavy (non-hydrogen) atoms. The molecule has 6 heteroatoms. The normalized spacial score (nSPS) is 9.92. The number of H-pyrrole nitrogens is 1. The van der Waals surface area contributed by atoms with Gasteiger partial charge < -0.3 is 5.32 Å². The minimum Gasteiger partial charge on any atom is -0.351 e. The second-order valence-electron chi connectivity index (χ2n) is 2.46. The van der Waals surface area contributed by atoms with Crippen LogP contribution in [0.3, 0.4) is 0 Å². The predicted molar refractivity (Wildman–Crippen MR) is 51.7 cm³/mol. The first-order valence-corrected chi connectivity index (χ1v) is 5.37. The Morgan fingerprint density at radius 1 is 1.77 bits per heavy atom. The number of hydrogen-bond donors (Lipinski definition) is 2. The van der Waals surface area contributed by atoms with Crippen molar-refractivity contribution in [3.05, 3.63) is 11.9 Å². The molecule has 1 aromatic heterocycles. The van der Waals surface area contributed by atoms with Gasteiger partial charge in [0.1, 0.15) is 0 Å². The molecular formula is C7H12N4OS. The number of nitrogens with one attached hydrogen (secondary N) is 2. The molecule has 1 amide bonds. The molecule has 0 atom stereocenters. The monoisotopic (exact) mass is 200 g/mol. The summed E-state index contributed by atoms with van der Waals surface area (Å²) in [7, 11) is 0. The van der Waals surface area contributed by atoms with E-state index >= 15 is 0 Å². The number of rotatable bonds is 5. The molecule has 0 spiro atoms. The van der Waals surface area contributed by atoms with Gasteiger partial charge in [-0.25, -0.2) is 0 Å². The van der Waals surface area contributed by atoms with Crippen molar-refractivity contribution >= 4 is 17.7 Å². The van der Waals surface area contributed by atoms with E-state index in [9.17, 15) is 4.79 Å². The van der Waals surface area contributed by atoms with Gasteiger partial charge in [-0.2, -0.15) is 27.2 Å². The molecular weight excluding hydrogens is 188 g/mol. The van der Waals surface area contributed by atoms with E-state index in [1.807, 2.05) is 6.26 Å². The Labute approximate surface area is 80.7 Å². The fourth-order valence-corrected chi connectivity index (χ4v) is 1.25. The highest BCUT2D eigenvalue weighted by atomic mass is 32.2. The van der Waals surface area contributed by atoms with Gasteiger partial charge in [0.05, 0.1) is 6.20 Å². The summed E-state index contributed by atoms with van der Waals surface area (Å²) in [6.45, 7) is 0.687. The number of carbonyl (C=O) groups excluding carboxylic acids is 1. The molecule has 0 saturated heterocycles. The van der Waals surface area contributed by atoms with E-state index in [1.165, 1.54) is 6.20 Å². The number of aromatic amines is 1. The van der Waals surface area contributed by atoms with Crippen molar-refractivity contribution in [2.45, 2.75) is 6.42 Å². The molecule has 0 saturated carbocycles. The second kappa shape index (κ2) is 5.58. The fraction of sp³-hybridized carbons (Fsp3) is 0.571. The lowest BCUT2D eigenvalue weighted by Gasteiger charge is -2.00. The third kappa shape index (κ3) is 3.45. The van der Waals surface area contributed by atoms with Gasteiger partial charge in [0.25, 0.3) is 5.91 Å². The third-order valence-electron chi connectivity index (χ3n) is 1.46. The molecule has 5 nitrogen and oxygen atoms in total. The van der Waals surface area contributed by atoms with Crippen LogP contribution in [0.15, 0.2) is 6.20 Å². The highest BCUT2D eigenvalue weighted by Gasteiger charge is 2.06. The van der Waals surface area contributed by atoms with Crippen LogP contribution in [-0.4, -0.2) is 39.9 Å². The molecule has 0 fully saturated rings. The SMILES string of the molecule is CSCCCNC(=O)c1cn[nH]n1. The Morgan fingerprint density at radius 3 is 3.23 bits per heavy atom. The lowest BCUT2D eigenvalue weighted by Crippen LogP contribution is -2.25. The Morgan fingerprint density at radius 2 is 2.62 bits per heavy atom. The van der Waals surface area contributed by atoms with Crippen LogP contribution in [0.25, 0.3) is 0 Å². The van der Waals surface area contributed by atoms with Crippen molar-refractivity contribution in [3.8, 4) is 0 Å². The molecule has 0 aromatic carbocycles. The van der Waals surface area contributed by atoms with Crippen molar-refractivity contribution in [2.24, 2.45) is 0 Å². The summed E-state index contributed by atoms with van der Waals surface area (Å²) in [5.41, 5.74) is 0.337. The number of carbonyl (C=O) groups is 1. The van der Waals surface area contributed by atoms with E-state index in [2.05, 4.69) is 20.7 Å². The van der Waals surface area contributed by atoms with Crippen LogP contribution >= 0.6 is 11.8 Å². The highest BCUT2D eigenvalue weighted by Crippen LogP contribution is 1.94. The summed E-state index contributed by atoms with van der Waals surface area (Å²) in [6, 6.07) is 0. The maximum absolute atomic E-state index is 11.2. The molecule has 1 aromatic rings. The number of nitrogens with zero attached hydrogens (tertiary/aromatic N) is 2. The van der Waals surface area contributed by atoms with Crippen molar-refractivity contribution in [1.82, 2.24) is 20.7 Å². The standard InChI is InChI=1S/C7H12N4OS/c1-13-4-2-3-8-7(12)6-5-9-11-10-6/h5H,2-4H2,1H3,(H,8,12)(H,9,10,11). The molecule has 72 valence electrons. The van der Waals surface area contributed by atoms with Gasteiger partial charge in [0.15, 0.2) is 5.69 Å². The van der Waals surface area contributed by atoms with E-state index in [-0.39, 0.29) is 5.91 Å². The summed E-state index contributed by atoms with van der Waals surface area (Å²) >= 11 is 1.77. The fourth-order valence-electron chi connectivity index (χ4n) is 0.820. The van der Waals surface area contributed by atoms with Crippen LogP contribution < -0.4 is 5.32 Å². The maximum atomic E-state index is 11.2. The van der Waals surface area contributed by atoms with Crippen molar-refractivity contribution < 1.29 is 4.79 Å². The largest absolute Gasteiger partial charge is 0.351 e. The van der Waals surface area contributed by atoms with Crippen molar-refractivity contribution in [3.63, 3.8) is 0 Å². The van der Waals surface area contributed by atoms with Gasteiger partial charge in [-0.3, -0.25) is 4.79 Å². The third-order valence-corrected chi connectivity index (χ3v) is 2.16. The van der Waals surface area contributed by atoms with E-state index in [4.69, 9.17) is 0 Å². The van der Waals surface area contributed by atoms with Crippen molar-refractivity contribution in [2.75, 3.05) is 18.6 Å². The van der Waals surface area contributed by atoms with Crippen LogP contribution in [0.2, 0.25) is 0 Å². The Hall–Kier alpha value is -1.04. The lowest BCUT2D eigenvalue weighted by molar-refractivity contribution is 0.0949. The minimum atomic E-state index is -0.171.